The molecule has 0 N–H and O–H groups in total. The molecule has 0 saturated heterocycles. The Hall–Kier alpha value is -0.830. The maximum absolute atomic E-state index is 13.3. The zero-order valence-corrected chi connectivity index (χ0v) is 8.19. The number of ether oxygens (including phenoxy) is 1. The molecule has 12 heavy (non-hydrogen) atoms. The predicted octanol–water partition coefficient (Wildman–Crippen LogP) is 3.24. The van der Waals surface area contributed by atoms with Gasteiger partial charge in [-0.05, 0) is 28.1 Å². The molecule has 1 aromatic rings. The Morgan fingerprint density at radius 1 is 1.58 bits per heavy atom. The Bertz CT molecular complexity index is 310. The summed E-state index contributed by atoms with van der Waals surface area (Å²) < 4.78 is 18.6. The number of benzene rings is 1. The van der Waals surface area contributed by atoms with E-state index in [1.165, 1.54) is 13.2 Å². The van der Waals surface area contributed by atoms with Crippen molar-refractivity contribution in [3.63, 3.8) is 0 Å². The van der Waals surface area contributed by atoms with Crippen LogP contribution in [0.1, 0.15) is 5.56 Å². The first kappa shape index (κ1) is 9.26. The average molecular weight is 231 g/mol. The highest BCUT2D eigenvalue weighted by atomic mass is 79.9. The normalized spacial score (nSPS) is 9.58. The summed E-state index contributed by atoms with van der Waals surface area (Å²) >= 11 is 3.07. The number of methoxy groups -OCH3 is 1. The quantitative estimate of drug-likeness (QED) is 0.759. The molecule has 0 atom stereocenters. The van der Waals surface area contributed by atoms with E-state index in [1.807, 2.05) is 0 Å². The fraction of sp³-hybridized carbons (Fsp3) is 0.111. The molecule has 64 valence electrons. The van der Waals surface area contributed by atoms with Crippen molar-refractivity contribution in [3.05, 3.63) is 34.6 Å². The first-order valence-corrected chi connectivity index (χ1v) is 4.14. The van der Waals surface area contributed by atoms with Crippen molar-refractivity contribution in [1.82, 2.24) is 0 Å². The van der Waals surface area contributed by atoms with E-state index >= 15 is 0 Å². The van der Waals surface area contributed by atoms with E-state index in [0.717, 1.165) is 0 Å². The summed E-state index contributed by atoms with van der Waals surface area (Å²) in [6, 6.07) is 3.28. The molecular formula is C9H8BrFO. The first-order chi connectivity index (χ1) is 5.70. The Kier molecular flexibility index (Phi) is 2.87. The molecule has 0 spiro atoms. The van der Waals surface area contributed by atoms with Crippen LogP contribution < -0.4 is 4.74 Å². The monoisotopic (exact) mass is 230 g/mol. The fourth-order valence-electron chi connectivity index (χ4n) is 0.917. The van der Waals surface area contributed by atoms with Crippen molar-refractivity contribution in [2.24, 2.45) is 0 Å². The van der Waals surface area contributed by atoms with Crippen LogP contribution in [0.15, 0.2) is 23.2 Å². The molecule has 0 radical (unpaired) electrons. The summed E-state index contributed by atoms with van der Waals surface area (Å²) in [7, 11) is 1.50. The second-order valence-corrected chi connectivity index (χ2v) is 3.04. The first-order valence-electron chi connectivity index (χ1n) is 3.35. The van der Waals surface area contributed by atoms with Gasteiger partial charge in [-0.2, -0.15) is 0 Å². The number of rotatable bonds is 2. The van der Waals surface area contributed by atoms with Gasteiger partial charge in [-0.15, -0.1) is 0 Å². The van der Waals surface area contributed by atoms with Gasteiger partial charge in [0.25, 0.3) is 0 Å². The van der Waals surface area contributed by atoms with Gasteiger partial charge >= 0.3 is 0 Å². The van der Waals surface area contributed by atoms with Crippen LogP contribution in [0, 0.1) is 5.82 Å². The van der Waals surface area contributed by atoms with Gasteiger partial charge < -0.3 is 4.74 Å². The van der Waals surface area contributed by atoms with Crippen molar-refractivity contribution in [1.29, 1.82) is 0 Å². The van der Waals surface area contributed by atoms with E-state index in [-0.39, 0.29) is 5.82 Å². The molecule has 0 heterocycles. The molecule has 0 amide bonds. The van der Waals surface area contributed by atoms with E-state index in [9.17, 15) is 4.39 Å². The lowest BCUT2D eigenvalue weighted by atomic mass is 10.2. The fourth-order valence-corrected chi connectivity index (χ4v) is 1.26. The van der Waals surface area contributed by atoms with Crippen molar-refractivity contribution in [2.75, 3.05) is 7.11 Å². The zero-order chi connectivity index (χ0) is 9.14. The average Bonchev–Trinajstić information content (AvgIpc) is 2.09. The molecule has 0 aromatic heterocycles. The number of hydrogen-bond acceptors (Lipinski definition) is 1. The zero-order valence-electron chi connectivity index (χ0n) is 6.60. The third-order valence-corrected chi connectivity index (χ3v) is 2.13. The molecule has 0 bridgehead atoms. The van der Waals surface area contributed by atoms with Gasteiger partial charge in [0, 0.05) is 0 Å². The number of halogens is 2. The lowest BCUT2D eigenvalue weighted by Crippen LogP contribution is -1.91. The van der Waals surface area contributed by atoms with Crippen LogP contribution in [0.25, 0.3) is 6.08 Å². The molecule has 0 fully saturated rings. The molecule has 1 aromatic carbocycles. The molecule has 1 rings (SSSR count). The van der Waals surface area contributed by atoms with Crippen LogP contribution in [0.4, 0.5) is 4.39 Å². The molecule has 0 aliphatic rings. The van der Waals surface area contributed by atoms with Gasteiger partial charge in [-0.1, -0.05) is 12.7 Å². The molecule has 1 nitrogen and oxygen atoms in total. The van der Waals surface area contributed by atoms with E-state index in [1.54, 1.807) is 12.1 Å². The molecule has 3 heteroatoms. The second-order valence-electron chi connectivity index (χ2n) is 2.18. The smallest absolute Gasteiger partial charge is 0.148 e. The van der Waals surface area contributed by atoms with Gasteiger partial charge in [0.15, 0.2) is 0 Å². The van der Waals surface area contributed by atoms with Crippen LogP contribution in [0.5, 0.6) is 5.75 Å². The molecule has 0 unspecified atom stereocenters. The topological polar surface area (TPSA) is 9.23 Å². The van der Waals surface area contributed by atoms with Crippen LogP contribution >= 0.6 is 15.9 Å². The van der Waals surface area contributed by atoms with Gasteiger partial charge in [0.05, 0.1) is 17.1 Å². The minimum atomic E-state index is -0.343. The van der Waals surface area contributed by atoms with Crippen LogP contribution in [-0.4, -0.2) is 7.11 Å². The number of hydrogen-bond donors (Lipinski definition) is 0. The van der Waals surface area contributed by atoms with Gasteiger partial charge in [-0.3, -0.25) is 0 Å². The highest BCUT2D eigenvalue weighted by Crippen LogP contribution is 2.27. The van der Waals surface area contributed by atoms with E-state index in [4.69, 9.17) is 4.74 Å². The standard InChI is InChI=1S/C9H8BrFO/c1-3-6-8(12-2)5-4-7(10)9(6)11/h3-5H,1H2,2H3. The van der Waals surface area contributed by atoms with Crippen LogP contribution in [0.2, 0.25) is 0 Å². The molecule has 0 aliphatic carbocycles. The highest BCUT2D eigenvalue weighted by molar-refractivity contribution is 9.10. The summed E-state index contributed by atoms with van der Waals surface area (Å²) in [6.45, 7) is 3.50. The third kappa shape index (κ3) is 1.50. The Balaban J connectivity index is 3.35. The minimum Gasteiger partial charge on any atom is -0.496 e. The summed E-state index contributed by atoms with van der Waals surface area (Å²) in [5, 5.41) is 0. The van der Waals surface area contributed by atoms with Crippen molar-refractivity contribution in [2.45, 2.75) is 0 Å². The lowest BCUT2D eigenvalue weighted by molar-refractivity contribution is 0.409. The summed E-state index contributed by atoms with van der Waals surface area (Å²) in [6.07, 6.45) is 1.43. The van der Waals surface area contributed by atoms with E-state index in [2.05, 4.69) is 22.5 Å². The Labute approximate surface area is 79.0 Å². The van der Waals surface area contributed by atoms with Crippen LogP contribution in [-0.2, 0) is 0 Å². The molecule has 0 aliphatic heterocycles. The molecule has 0 saturated carbocycles. The summed E-state index contributed by atoms with van der Waals surface area (Å²) in [5.41, 5.74) is 0.381. The summed E-state index contributed by atoms with van der Waals surface area (Å²) in [4.78, 5) is 0. The van der Waals surface area contributed by atoms with Gasteiger partial charge in [-0.25, -0.2) is 4.39 Å². The van der Waals surface area contributed by atoms with Crippen LogP contribution in [0.3, 0.4) is 0 Å². The maximum Gasteiger partial charge on any atom is 0.148 e. The Morgan fingerprint density at radius 2 is 2.25 bits per heavy atom. The predicted molar refractivity (Wildman–Crippen MR) is 50.7 cm³/mol. The minimum absolute atomic E-state index is 0.343. The SMILES string of the molecule is C=Cc1c(OC)ccc(Br)c1F. The second kappa shape index (κ2) is 3.72. The Morgan fingerprint density at radius 3 is 2.75 bits per heavy atom. The van der Waals surface area contributed by atoms with Crippen molar-refractivity contribution >= 4 is 22.0 Å². The van der Waals surface area contributed by atoms with Crippen molar-refractivity contribution < 1.29 is 9.13 Å². The largest absolute Gasteiger partial charge is 0.496 e. The van der Waals surface area contributed by atoms with Gasteiger partial charge in [0.1, 0.15) is 11.6 Å². The van der Waals surface area contributed by atoms with E-state index in [0.29, 0.717) is 15.8 Å². The van der Waals surface area contributed by atoms with Gasteiger partial charge in [0.2, 0.25) is 0 Å². The highest BCUT2D eigenvalue weighted by Gasteiger charge is 2.08. The lowest BCUT2D eigenvalue weighted by Gasteiger charge is -2.06. The summed E-state index contributed by atoms with van der Waals surface area (Å²) in [5.74, 6) is 0.148. The molecular weight excluding hydrogens is 223 g/mol. The van der Waals surface area contributed by atoms with E-state index < -0.39 is 0 Å². The third-order valence-electron chi connectivity index (χ3n) is 1.52. The van der Waals surface area contributed by atoms with Crippen molar-refractivity contribution in [3.8, 4) is 5.75 Å². The maximum atomic E-state index is 13.3.